The van der Waals surface area contributed by atoms with E-state index in [0.717, 1.165) is 24.7 Å². The maximum absolute atomic E-state index is 12.3. The summed E-state index contributed by atoms with van der Waals surface area (Å²) >= 11 is 1.42. The minimum Gasteiger partial charge on any atom is -0.461 e. The zero-order valence-electron chi connectivity index (χ0n) is 12.9. The molecule has 0 N–H and O–H groups in total. The number of carbonyl (C=O) groups excluding carboxylic acids is 1. The summed E-state index contributed by atoms with van der Waals surface area (Å²) in [4.78, 5) is 14.3. The molecule has 1 fully saturated rings. The Balaban J connectivity index is 1.61. The third-order valence-electron chi connectivity index (χ3n) is 3.91. The van der Waals surface area contributed by atoms with Crippen molar-refractivity contribution in [2.45, 2.75) is 24.9 Å². The monoisotopic (exact) mass is 320 g/mol. The van der Waals surface area contributed by atoms with Crippen LogP contribution in [0.1, 0.15) is 19.8 Å². The zero-order chi connectivity index (χ0) is 15.5. The molecule has 0 unspecified atom stereocenters. The first-order valence-electron chi connectivity index (χ1n) is 7.49. The van der Waals surface area contributed by atoms with Gasteiger partial charge in [0.05, 0.1) is 12.0 Å². The van der Waals surface area contributed by atoms with E-state index in [1.807, 2.05) is 28.6 Å². The molecular formula is C15H20N4O2S. The van der Waals surface area contributed by atoms with Crippen molar-refractivity contribution >= 4 is 17.7 Å². The lowest BCUT2D eigenvalue weighted by molar-refractivity contribution is -0.130. The highest BCUT2D eigenvalue weighted by atomic mass is 32.2. The Labute approximate surface area is 133 Å². The Morgan fingerprint density at radius 3 is 3.09 bits per heavy atom. The van der Waals surface area contributed by atoms with Crippen molar-refractivity contribution < 1.29 is 9.21 Å². The van der Waals surface area contributed by atoms with Gasteiger partial charge in [-0.15, -0.1) is 10.2 Å². The normalized spacial score (nSPS) is 18.6. The SMILES string of the molecule is C[C@@H]1CCCN(C(=O)CSc2nnc(-c3ccco3)n2C)C1. The lowest BCUT2D eigenvalue weighted by Crippen LogP contribution is -2.40. The molecule has 0 spiro atoms. The van der Waals surface area contributed by atoms with E-state index >= 15 is 0 Å². The average Bonchev–Trinajstić information content (AvgIpc) is 3.14. The van der Waals surface area contributed by atoms with Crippen molar-refractivity contribution in [3.8, 4) is 11.6 Å². The molecule has 0 saturated carbocycles. The van der Waals surface area contributed by atoms with Gasteiger partial charge in [-0.3, -0.25) is 4.79 Å². The molecule has 3 rings (SSSR count). The number of hydrogen-bond donors (Lipinski definition) is 0. The second kappa shape index (κ2) is 6.56. The smallest absolute Gasteiger partial charge is 0.233 e. The van der Waals surface area contributed by atoms with Crippen LogP contribution in [0.3, 0.4) is 0 Å². The summed E-state index contributed by atoms with van der Waals surface area (Å²) in [5.74, 6) is 2.53. The number of hydrogen-bond acceptors (Lipinski definition) is 5. The molecule has 7 heteroatoms. The van der Waals surface area contributed by atoms with Gasteiger partial charge in [0.2, 0.25) is 5.91 Å². The third kappa shape index (κ3) is 3.19. The molecule has 1 aliphatic heterocycles. The van der Waals surface area contributed by atoms with Crippen molar-refractivity contribution in [1.82, 2.24) is 19.7 Å². The molecule has 0 aromatic carbocycles. The van der Waals surface area contributed by atoms with Crippen LogP contribution < -0.4 is 0 Å². The van der Waals surface area contributed by atoms with E-state index in [2.05, 4.69) is 17.1 Å². The Morgan fingerprint density at radius 2 is 2.36 bits per heavy atom. The molecule has 1 saturated heterocycles. The number of carbonyl (C=O) groups is 1. The van der Waals surface area contributed by atoms with Crippen molar-refractivity contribution in [3.05, 3.63) is 18.4 Å². The molecule has 2 aromatic rings. The van der Waals surface area contributed by atoms with Crippen LogP contribution in [-0.4, -0.2) is 44.4 Å². The van der Waals surface area contributed by atoms with Crippen LogP contribution in [0.2, 0.25) is 0 Å². The minimum atomic E-state index is 0.180. The molecule has 2 aromatic heterocycles. The first kappa shape index (κ1) is 15.1. The fourth-order valence-electron chi connectivity index (χ4n) is 2.69. The first-order chi connectivity index (χ1) is 10.6. The van der Waals surface area contributed by atoms with Gasteiger partial charge in [0.25, 0.3) is 0 Å². The molecule has 1 amide bonds. The van der Waals surface area contributed by atoms with E-state index in [0.29, 0.717) is 23.3 Å². The van der Waals surface area contributed by atoms with Gasteiger partial charge in [0.15, 0.2) is 16.7 Å². The van der Waals surface area contributed by atoms with Gasteiger partial charge in [0.1, 0.15) is 0 Å². The molecule has 22 heavy (non-hydrogen) atoms. The van der Waals surface area contributed by atoms with Crippen LogP contribution in [0, 0.1) is 5.92 Å². The summed E-state index contributed by atoms with van der Waals surface area (Å²) < 4.78 is 7.20. The maximum Gasteiger partial charge on any atom is 0.233 e. The minimum absolute atomic E-state index is 0.180. The van der Waals surface area contributed by atoms with E-state index in [9.17, 15) is 4.79 Å². The van der Waals surface area contributed by atoms with Crippen LogP contribution in [0.15, 0.2) is 28.0 Å². The van der Waals surface area contributed by atoms with Gasteiger partial charge in [-0.05, 0) is 30.9 Å². The molecular weight excluding hydrogens is 300 g/mol. The number of likely N-dealkylation sites (tertiary alicyclic amines) is 1. The number of aromatic nitrogens is 3. The Kier molecular flexibility index (Phi) is 4.52. The van der Waals surface area contributed by atoms with Crippen molar-refractivity contribution in [2.24, 2.45) is 13.0 Å². The molecule has 118 valence electrons. The van der Waals surface area contributed by atoms with E-state index in [1.165, 1.54) is 18.2 Å². The number of furan rings is 1. The molecule has 0 aliphatic carbocycles. The standard InChI is InChI=1S/C15H20N4O2S/c1-11-5-3-7-19(9-11)13(20)10-22-15-17-16-14(18(15)2)12-6-4-8-21-12/h4,6,8,11H,3,5,7,9-10H2,1-2H3/t11-/m1/s1. The second-order valence-corrected chi connectivity index (χ2v) is 6.66. The van der Waals surface area contributed by atoms with Gasteiger partial charge in [0, 0.05) is 20.1 Å². The molecule has 1 aliphatic rings. The molecule has 1 atom stereocenters. The third-order valence-corrected chi connectivity index (χ3v) is 4.92. The fraction of sp³-hybridized carbons (Fsp3) is 0.533. The zero-order valence-corrected chi connectivity index (χ0v) is 13.7. The van der Waals surface area contributed by atoms with Crippen molar-refractivity contribution in [1.29, 1.82) is 0 Å². The van der Waals surface area contributed by atoms with Crippen LogP contribution in [-0.2, 0) is 11.8 Å². The van der Waals surface area contributed by atoms with Crippen molar-refractivity contribution in [3.63, 3.8) is 0 Å². The summed E-state index contributed by atoms with van der Waals surface area (Å²) in [6, 6.07) is 3.66. The summed E-state index contributed by atoms with van der Waals surface area (Å²) in [5, 5.41) is 9.01. The molecule has 0 radical (unpaired) electrons. The Bertz CT molecular complexity index is 638. The lowest BCUT2D eigenvalue weighted by atomic mass is 10.0. The topological polar surface area (TPSA) is 64.2 Å². The van der Waals surface area contributed by atoms with Crippen LogP contribution >= 0.6 is 11.8 Å². The van der Waals surface area contributed by atoms with Crippen LogP contribution in [0.4, 0.5) is 0 Å². The van der Waals surface area contributed by atoms with Gasteiger partial charge < -0.3 is 13.9 Å². The predicted molar refractivity (Wildman–Crippen MR) is 84.4 cm³/mol. The van der Waals surface area contributed by atoms with Gasteiger partial charge in [-0.25, -0.2) is 0 Å². The van der Waals surface area contributed by atoms with Gasteiger partial charge in [-0.1, -0.05) is 18.7 Å². The molecule has 0 bridgehead atoms. The highest BCUT2D eigenvalue weighted by Crippen LogP contribution is 2.24. The van der Waals surface area contributed by atoms with E-state index < -0.39 is 0 Å². The molecule has 6 nitrogen and oxygen atoms in total. The number of nitrogens with zero attached hydrogens (tertiary/aromatic N) is 4. The van der Waals surface area contributed by atoms with E-state index in [4.69, 9.17) is 4.42 Å². The number of amides is 1. The van der Waals surface area contributed by atoms with Crippen molar-refractivity contribution in [2.75, 3.05) is 18.8 Å². The maximum atomic E-state index is 12.3. The molecule has 3 heterocycles. The Morgan fingerprint density at radius 1 is 1.50 bits per heavy atom. The quantitative estimate of drug-likeness (QED) is 0.810. The predicted octanol–water partition coefficient (Wildman–Crippen LogP) is 2.43. The lowest BCUT2D eigenvalue weighted by Gasteiger charge is -2.30. The fourth-order valence-corrected chi connectivity index (χ4v) is 3.51. The second-order valence-electron chi connectivity index (χ2n) is 5.72. The van der Waals surface area contributed by atoms with Gasteiger partial charge in [-0.2, -0.15) is 0 Å². The average molecular weight is 320 g/mol. The Hall–Kier alpha value is -1.76. The van der Waals surface area contributed by atoms with Crippen LogP contribution in [0.5, 0.6) is 0 Å². The highest BCUT2D eigenvalue weighted by molar-refractivity contribution is 7.99. The van der Waals surface area contributed by atoms with E-state index in [1.54, 1.807) is 6.26 Å². The summed E-state index contributed by atoms with van der Waals surface area (Å²) in [5.41, 5.74) is 0. The summed E-state index contributed by atoms with van der Waals surface area (Å²) in [6.07, 6.45) is 3.93. The summed E-state index contributed by atoms with van der Waals surface area (Å²) in [6.45, 7) is 3.95. The largest absolute Gasteiger partial charge is 0.461 e. The van der Waals surface area contributed by atoms with Crippen LogP contribution in [0.25, 0.3) is 11.6 Å². The van der Waals surface area contributed by atoms with Gasteiger partial charge >= 0.3 is 0 Å². The highest BCUT2D eigenvalue weighted by Gasteiger charge is 2.22. The first-order valence-corrected chi connectivity index (χ1v) is 8.47. The summed E-state index contributed by atoms with van der Waals surface area (Å²) in [7, 11) is 1.88. The number of thioether (sulfide) groups is 1. The number of rotatable bonds is 4. The van der Waals surface area contributed by atoms with E-state index in [-0.39, 0.29) is 5.91 Å². The number of piperidine rings is 1.